The summed E-state index contributed by atoms with van der Waals surface area (Å²) in [6.07, 6.45) is 0.832. The van der Waals surface area contributed by atoms with Crippen molar-refractivity contribution in [1.82, 2.24) is 4.90 Å². The molecule has 0 saturated heterocycles. The van der Waals surface area contributed by atoms with Gasteiger partial charge in [-0.2, -0.15) is 0 Å². The van der Waals surface area contributed by atoms with E-state index >= 15 is 0 Å². The fourth-order valence-electron chi connectivity index (χ4n) is 1.05. The predicted octanol–water partition coefficient (Wildman–Crippen LogP) is 2.51. The van der Waals surface area contributed by atoms with E-state index in [1.807, 2.05) is 0 Å². The zero-order valence-corrected chi connectivity index (χ0v) is 10.9. The summed E-state index contributed by atoms with van der Waals surface area (Å²) >= 11 is 0. The maximum atomic E-state index is 9.97. The van der Waals surface area contributed by atoms with Crippen molar-refractivity contribution in [2.24, 2.45) is 5.41 Å². The zero-order chi connectivity index (χ0) is 11.6. The number of nitrogens with zero attached hydrogens (tertiary/aromatic N) is 1. The zero-order valence-electron chi connectivity index (χ0n) is 10.9. The summed E-state index contributed by atoms with van der Waals surface area (Å²) < 4.78 is 0. The van der Waals surface area contributed by atoms with Crippen LogP contribution in [-0.2, 0) is 0 Å². The van der Waals surface area contributed by atoms with E-state index in [0.717, 1.165) is 13.0 Å². The Morgan fingerprint density at radius 1 is 1.14 bits per heavy atom. The molecule has 0 radical (unpaired) electrons. The third-order valence-corrected chi connectivity index (χ3v) is 3.35. The molecule has 0 aromatic heterocycles. The molecule has 0 saturated carbocycles. The number of rotatable bonds is 4. The molecule has 0 spiro atoms. The Morgan fingerprint density at radius 2 is 1.57 bits per heavy atom. The normalized spacial score (nSPS) is 16.1. The lowest BCUT2D eigenvalue weighted by Crippen LogP contribution is -2.47. The molecule has 0 aliphatic rings. The number of hydrogen-bond acceptors (Lipinski definition) is 2. The van der Waals surface area contributed by atoms with Crippen LogP contribution in [0.15, 0.2) is 0 Å². The third kappa shape index (κ3) is 3.97. The second-order valence-electron chi connectivity index (χ2n) is 5.93. The van der Waals surface area contributed by atoms with Gasteiger partial charge in [-0.25, -0.2) is 0 Å². The van der Waals surface area contributed by atoms with Gasteiger partial charge in [-0.1, -0.05) is 27.7 Å². The molecule has 2 heteroatoms. The first-order valence-corrected chi connectivity index (χ1v) is 5.50. The summed E-state index contributed by atoms with van der Waals surface area (Å²) in [5, 5.41) is 9.97. The number of hydrogen-bond donors (Lipinski definition) is 1. The second kappa shape index (κ2) is 4.63. The Bertz CT molecular complexity index is 170. The van der Waals surface area contributed by atoms with Crippen molar-refractivity contribution in [3.63, 3.8) is 0 Å². The highest BCUT2D eigenvalue weighted by molar-refractivity contribution is 4.82. The van der Waals surface area contributed by atoms with Gasteiger partial charge >= 0.3 is 0 Å². The summed E-state index contributed by atoms with van der Waals surface area (Å²) in [5.41, 5.74) is 0.143. The van der Waals surface area contributed by atoms with Crippen LogP contribution in [0.2, 0.25) is 0 Å². The van der Waals surface area contributed by atoms with Crippen LogP contribution < -0.4 is 0 Å². The maximum Gasteiger partial charge on any atom is 0.0715 e. The van der Waals surface area contributed by atoms with Gasteiger partial charge < -0.3 is 5.11 Å². The molecular formula is C12H27NO. The van der Waals surface area contributed by atoms with Crippen molar-refractivity contribution < 1.29 is 5.11 Å². The van der Waals surface area contributed by atoms with Crippen LogP contribution in [0.5, 0.6) is 0 Å². The Hall–Kier alpha value is -0.0800. The minimum Gasteiger partial charge on any atom is -0.391 e. The highest BCUT2D eigenvalue weighted by atomic mass is 16.3. The monoisotopic (exact) mass is 201 g/mol. The van der Waals surface area contributed by atoms with Crippen molar-refractivity contribution in [2.75, 3.05) is 13.6 Å². The van der Waals surface area contributed by atoms with Crippen LogP contribution >= 0.6 is 0 Å². The lowest BCUT2D eigenvalue weighted by Gasteiger charge is -2.39. The van der Waals surface area contributed by atoms with Crippen LogP contribution in [0.3, 0.4) is 0 Å². The molecule has 1 N–H and O–H groups in total. The number of β-amino-alcohol motifs (C(OH)–C–C–N with tert-alkyl or cyclic N) is 1. The van der Waals surface area contributed by atoms with E-state index in [0.29, 0.717) is 0 Å². The van der Waals surface area contributed by atoms with Crippen molar-refractivity contribution in [3.8, 4) is 0 Å². The lowest BCUT2D eigenvalue weighted by atomic mass is 9.88. The van der Waals surface area contributed by atoms with Crippen LogP contribution in [0.1, 0.15) is 48.0 Å². The van der Waals surface area contributed by atoms with Crippen LogP contribution in [0, 0.1) is 5.41 Å². The topological polar surface area (TPSA) is 23.5 Å². The minimum atomic E-state index is -0.265. The van der Waals surface area contributed by atoms with Gasteiger partial charge in [0.2, 0.25) is 0 Å². The first-order chi connectivity index (χ1) is 6.11. The summed E-state index contributed by atoms with van der Waals surface area (Å²) in [6, 6.07) is 0. The molecule has 0 aromatic carbocycles. The molecule has 2 nitrogen and oxygen atoms in total. The van der Waals surface area contributed by atoms with Gasteiger partial charge in [0.15, 0.2) is 0 Å². The summed E-state index contributed by atoms with van der Waals surface area (Å²) in [4.78, 5) is 2.24. The molecule has 14 heavy (non-hydrogen) atoms. The average Bonchev–Trinajstić information content (AvgIpc) is 2.02. The molecule has 0 aliphatic carbocycles. The molecule has 86 valence electrons. The predicted molar refractivity (Wildman–Crippen MR) is 62.5 cm³/mol. The second-order valence-corrected chi connectivity index (χ2v) is 5.93. The third-order valence-electron chi connectivity index (χ3n) is 3.35. The lowest BCUT2D eigenvalue weighted by molar-refractivity contribution is 0.00739. The molecule has 0 aromatic rings. The highest BCUT2D eigenvalue weighted by Crippen LogP contribution is 2.23. The van der Waals surface area contributed by atoms with Crippen LogP contribution in [0.25, 0.3) is 0 Å². The van der Waals surface area contributed by atoms with Crippen molar-refractivity contribution in [2.45, 2.75) is 59.6 Å². The summed E-state index contributed by atoms with van der Waals surface area (Å²) in [7, 11) is 2.08. The SMILES string of the molecule is CCC(C)(C)N(C)CC(O)C(C)(C)C. The molecule has 0 fully saturated rings. The van der Waals surface area contributed by atoms with Gasteiger partial charge in [0, 0.05) is 12.1 Å². The van der Waals surface area contributed by atoms with Gasteiger partial charge in [-0.3, -0.25) is 4.90 Å². The largest absolute Gasteiger partial charge is 0.391 e. The Balaban J connectivity index is 4.26. The van der Waals surface area contributed by atoms with Gasteiger partial charge in [-0.15, -0.1) is 0 Å². The van der Waals surface area contributed by atoms with E-state index in [-0.39, 0.29) is 17.1 Å². The van der Waals surface area contributed by atoms with E-state index in [2.05, 4.69) is 53.5 Å². The maximum absolute atomic E-state index is 9.97. The standard InChI is InChI=1S/C12H27NO/c1-8-12(5,6)13(7)9-10(14)11(2,3)4/h10,14H,8-9H2,1-7H3. The molecular weight excluding hydrogens is 174 g/mol. The number of aliphatic hydroxyl groups is 1. The first-order valence-electron chi connectivity index (χ1n) is 5.50. The van der Waals surface area contributed by atoms with E-state index in [9.17, 15) is 5.11 Å². The van der Waals surface area contributed by atoms with Crippen LogP contribution in [-0.4, -0.2) is 35.2 Å². The average molecular weight is 201 g/mol. The molecule has 1 unspecified atom stereocenters. The van der Waals surface area contributed by atoms with Crippen LogP contribution in [0.4, 0.5) is 0 Å². The van der Waals surface area contributed by atoms with Gasteiger partial charge in [-0.05, 0) is 32.7 Å². The summed E-state index contributed by atoms with van der Waals surface area (Å²) in [6.45, 7) is 13.6. The van der Waals surface area contributed by atoms with Crippen molar-refractivity contribution in [1.29, 1.82) is 0 Å². The fourth-order valence-corrected chi connectivity index (χ4v) is 1.05. The van der Waals surface area contributed by atoms with Crippen molar-refractivity contribution in [3.05, 3.63) is 0 Å². The Kier molecular flexibility index (Phi) is 4.60. The van der Waals surface area contributed by atoms with E-state index in [1.165, 1.54) is 0 Å². The van der Waals surface area contributed by atoms with Crippen molar-refractivity contribution >= 4 is 0 Å². The number of aliphatic hydroxyl groups excluding tert-OH is 1. The smallest absolute Gasteiger partial charge is 0.0715 e. The first kappa shape index (κ1) is 13.9. The summed E-state index contributed by atoms with van der Waals surface area (Å²) in [5.74, 6) is 0. The molecule has 1 atom stereocenters. The Labute approximate surface area is 89.3 Å². The number of likely N-dealkylation sites (N-methyl/N-ethyl adjacent to an activating group) is 1. The van der Waals surface area contributed by atoms with Gasteiger partial charge in [0.05, 0.1) is 6.10 Å². The fraction of sp³-hybridized carbons (Fsp3) is 1.00. The quantitative estimate of drug-likeness (QED) is 0.755. The molecule has 0 heterocycles. The van der Waals surface area contributed by atoms with Gasteiger partial charge in [0.1, 0.15) is 0 Å². The molecule has 0 rings (SSSR count). The molecule has 0 aliphatic heterocycles. The van der Waals surface area contributed by atoms with E-state index < -0.39 is 0 Å². The Morgan fingerprint density at radius 3 is 1.86 bits per heavy atom. The molecule has 0 amide bonds. The highest BCUT2D eigenvalue weighted by Gasteiger charge is 2.28. The van der Waals surface area contributed by atoms with Gasteiger partial charge in [0.25, 0.3) is 0 Å². The van der Waals surface area contributed by atoms with E-state index in [4.69, 9.17) is 0 Å². The minimum absolute atomic E-state index is 0.0297. The van der Waals surface area contributed by atoms with E-state index in [1.54, 1.807) is 0 Å². The molecule has 0 bridgehead atoms.